The minimum absolute atomic E-state index is 0.365. The van der Waals surface area contributed by atoms with Crippen LogP contribution < -0.4 is 5.63 Å². The zero-order valence-electron chi connectivity index (χ0n) is 8.70. The third-order valence-corrected chi connectivity index (χ3v) is 2.42. The highest BCUT2D eigenvalue weighted by atomic mass is 16.4. The maximum Gasteiger partial charge on any atom is 0.336 e. The van der Waals surface area contributed by atoms with Crippen molar-refractivity contribution < 1.29 is 4.42 Å². The normalized spacial score (nSPS) is 10.6. The molecule has 0 bridgehead atoms. The van der Waals surface area contributed by atoms with Gasteiger partial charge in [0.1, 0.15) is 5.58 Å². The van der Waals surface area contributed by atoms with Gasteiger partial charge in [-0.2, -0.15) is 0 Å². The topological polar surface area (TPSA) is 68.9 Å². The van der Waals surface area contributed by atoms with Crippen LogP contribution in [0.25, 0.3) is 22.2 Å². The first kappa shape index (κ1) is 9.65. The van der Waals surface area contributed by atoms with Gasteiger partial charge in [-0.1, -0.05) is 12.1 Å². The molecule has 0 aliphatic rings. The van der Waals surface area contributed by atoms with Crippen molar-refractivity contribution in [1.82, 2.24) is 15.4 Å². The van der Waals surface area contributed by atoms with Crippen LogP contribution in [0.3, 0.4) is 0 Å². The van der Waals surface area contributed by atoms with Gasteiger partial charge in [0.25, 0.3) is 0 Å². The van der Waals surface area contributed by atoms with Crippen molar-refractivity contribution in [3.63, 3.8) is 0 Å². The van der Waals surface area contributed by atoms with Crippen molar-refractivity contribution in [3.8, 4) is 11.3 Å². The molecule has 5 nitrogen and oxygen atoms in total. The van der Waals surface area contributed by atoms with Gasteiger partial charge in [0.15, 0.2) is 0 Å². The van der Waals surface area contributed by atoms with E-state index in [1.165, 1.54) is 6.07 Å². The molecule has 3 aromatic rings. The maximum atomic E-state index is 11.1. The molecular formula is C12H7N3O2. The number of rotatable bonds is 1. The first-order chi connectivity index (χ1) is 8.33. The van der Waals surface area contributed by atoms with Crippen molar-refractivity contribution in [2.75, 3.05) is 0 Å². The second kappa shape index (κ2) is 3.79. The van der Waals surface area contributed by atoms with Crippen LogP contribution in [0.2, 0.25) is 0 Å². The van der Waals surface area contributed by atoms with Crippen LogP contribution in [0.5, 0.6) is 0 Å². The van der Waals surface area contributed by atoms with Gasteiger partial charge < -0.3 is 4.42 Å². The molecular weight excluding hydrogens is 218 g/mol. The van der Waals surface area contributed by atoms with Gasteiger partial charge in [-0.3, -0.25) is 0 Å². The lowest BCUT2D eigenvalue weighted by atomic mass is 10.1. The van der Waals surface area contributed by atoms with E-state index >= 15 is 0 Å². The summed E-state index contributed by atoms with van der Waals surface area (Å²) in [7, 11) is 0. The van der Waals surface area contributed by atoms with E-state index in [0.717, 1.165) is 10.9 Å². The molecule has 0 N–H and O–H groups in total. The summed E-state index contributed by atoms with van der Waals surface area (Å²) in [6, 6.07) is 10.4. The SMILES string of the molecule is O=c1ccc2ccc(-c3ccnnn3)cc2o1. The smallest absolute Gasteiger partial charge is 0.336 e. The molecule has 0 amide bonds. The number of fused-ring (bicyclic) bond motifs is 1. The Morgan fingerprint density at radius 2 is 1.94 bits per heavy atom. The van der Waals surface area contributed by atoms with Crippen molar-refractivity contribution in [1.29, 1.82) is 0 Å². The lowest BCUT2D eigenvalue weighted by Crippen LogP contribution is -1.95. The Hall–Kier alpha value is -2.56. The molecule has 5 heteroatoms. The predicted octanol–water partition coefficient (Wildman–Crippen LogP) is 1.64. The first-order valence-corrected chi connectivity index (χ1v) is 5.01. The first-order valence-electron chi connectivity index (χ1n) is 5.01. The summed E-state index contributed by atoms with van der Waals surface area (Å²) < 4.78 is 5.10. The van der Waals surface area contributed by atoms with Crippen molar-refractivity contribution in [2.45, 2.75) is 0 Å². The molecule has 0 spiro atoms. The quantitative estimate of drug-likeness (QED) is 0.589. The summed E-state index contributed by atoms with van der Waals surface area (Å²) in [6.07, 6.45) is 1.56. The fourth-order valence-electron chi connectivity index (χ4n) is 1.62. The molecule has 0 saturated carbocycles. The van der Waals surface area contributed by atoms with Crippen molar-refractivity contribution in [3.05, 3.63) is 53.0 Å². The maximum absolute atomic E-state index is 11.1. The predicted molar refractivity (Wildman–Crippen MR) is 61.3 cm³/mol. The van der Waals surface area contributed by atoms with Crippen molar-refractivity contribution >= 4 is 11.0 Å². The van der Waals surface area contributed by atoms with Gasteiger partial charge in [0, 0.05) is 17.0 Å². The van der Waals surface area contributed by atoms with Gasteiger partial charge in [0.2, 0.25) is 0 Å². The summed E-state index contributed by atoms with van der Waals surface area (Å²) in [6.45, 7) is 0. The minimum Gasteiger partial charge on any atom is -0.423 e. The fraction of sp³-hybridized carbons (Fsp3) is 0. The lowest BCUT2D eigenvalue weighted by Gasteiger charge is -2.00. The molecule has 0 aliphatic carbocycles. The zero-order chi connectivity index (χ0) is 11.7. The number of benzene rings is 1. The third kappa shape index (κ3) is 1.78. The van der Waals surface area contributed by atoms with Crippen molar-refractivity contribution in [2.24, 2.45) is 0 Å². The highest BCUT2D eigenvalue weighted by molar-refractivity contribution is 5.81. The molecule has 0 atom stereocenters. The summed E-state index contributed by atoms with van der Waals surface area (Å²) in [5.41, 5.74) is 1.69. The molecule has 3 rings (SSSR count). The van der Waals surface area contributed by atoms with Gasteiger partial charge in [-0.25, -0.2) is 4.79 Å². The average Bonchev–Trinajstić information content (AvgIpc) is 2.39. The Kier molecular flexibility index (Phi) is 2.15. The third-order valence-electron chi connectivity index (χ3n) is 2.42. The fourth-order valence-corrected chi connectivity index (χ4v) is 1.62. The summed E-state index contributed by atoms with van der Waals surface area (Å²) in [5.74, 6) is 0. The van der Waals surface area contributed by atoms with E-state index in [-0.39, 0.29) is 5.63 Å². The highest BCUT2D eigenvalue weighted by Gasteiger charge is 2.03. The molecule has 0 aliphatic heterocycles. The Morgan fingerprint density at radius 1 is 1.06 bits per heavy atom. The summed E-state index contributed by atoms with van der Waals surface area (Å²) >= 11 is 0. The monoisotopic (exact) mass is 225 g/mol. The zero-order valence-corrected chi connectivity index (χ0v) is 8.70. The van der Waals surface area contributed by atoms with Crippen LogP contribution in [-0.2, 0) is 0 Å². The van der Waals surface area contributed by atoms with Gasteiger partial charge >= 0.3 is 5.63 Å². The molecule has 2 heterocycles. The number of aromatic nitrogens is 3. The lowest BCUT2D eigenvalue weighted by molar-refractivity contribution is 0.561. The largest absolute Gasteiger partial charge is 0.423 e. The van der Waals surface area contributed by atoms with Gasteiger partial charge in [0.05, 0.1) is 11.9 Å². The molecule has 0 fully saturated rings. The number of nitrogens with zero attached hydrogens (tertiary/aromatic N) is 3. The van der Waals surface area contributed by atoms with Gasteiger partial charge in [-0.15, -0.1) is 10.2 Å². The van der Waals surface area contributed by atoms with E-state index in [1.54, 1.807) is 24.4 Å². The van der Waals surface area contributed by atoms with E-state index in [1.807, 2.05) is 12.1 Å². The molecule has 0 saturated heterocycles. The van der Waals surface area contributed by atoms with E-state index < -0.39 is 0 Å². The Balaban J connectivity index is 2.23. The number of hydrogen-bond donors (Lipinski definition) is 0. The summed E-state index contributed by atoms with van der Waals surface area (Å²) in [4.78, 5) is 11.1. The van der Waals surface area contributed by atoms with Gasteiger partial charge in [-0.05, 0) is 23.4 Å². The Labute approximate surface area is 95.7 Å². The van der Waals surface area contributed by atoms with Crippen LogP contribution >= 0.6 is 0 Å². The second-order valence-corrected chi connectivity index (χ2v) is 3.51. The molecule has 0 unspecified atom stereocenters. The average molecular weight is 225 g/mol. The second-order valence-electron chi connectivity index (χ2n) is 3.51. The molecule has 2 aromatic heterocycles. The molecule has 82 valence electrons. The number of hydrogen-bond acceptors (Lipinski definition) is 5. The summed E-state index contributed by atoms with van der Waals surface area (Å²) in [5, 5.41) is 11.9. The van der Waals surface area contributed by atoms with Crippen LogP contribution in [0, 0.1) is 0 Å². The van der Waals surface area contributed by atoms with Crippen LogP contribution in [-0.4, -0.2) is 15.4 Å². The van der Waals surface area contributed by atoms with E-state index in [9.17, 15) is 4.79 Å². The Bertz CT molecular complexity index is 722. The van der Waals surface area contributed by atoms with Crippen LogP contribution in [0.4, 0.5) is 0 Å². The Morgan fingerprint density at radius 3 is 2.76 bits per heavy atom. The molecule has 17 heavy (non-hydrogen) atoms. The molecule has 1 aromatic carbocycles. The van der Waals surface area contributed by atoms with Crippen LogP contribution in [0.15, 0.2) is 51.8 Å². The standard InChI is InChI=1S/C12H7N3O2/c16-12-4-3-8-1-2-9(7-11(8)17-12)10-5-6-13-15-14-10/h1-7H. The van der Waals surface area contributed by atoms with Crippen LogP contribution in [0.1, 0.15) is 0 Å². The minimum atomic E-state index is -0.365. The van der Waals surface area contributed by atoms with E-state index in [4.69, 9.17) is 4.42 Å². The molecule has 0 radical (unpaired) electrons. The van der Waals surface area contributed by atoms with E-state index in [2.05, 4.69) is 15.4 Å². The van der Waals surface area contributed by atoms with E-state index in [0.29, 0.717) is 11.3 Å². The highest BCUT2D eigenvalue weighted by Crippen LogP contribution is 2.21.